The van der Waals surface area contributed by atoms with Crippen molar-refractivity contribution in [2.24, 2.45) is 0 Å². The quantitative estimate of drug-likeness (QED) is 0.476. The topological polar surface area (TPSA) is 38.7 Å². The van der Waals surface area contributed by atoms with Gasteiger partial charge in [-0.05, 0) is 46.5 Å². The van der Waals surface area contributed by atoms with Crippen molar-refractivity contribution in [3.8, 4) is 22.6 Å². The van der Waals surface area contributed by atoms with Crippen molar-refractivity contribution in [1.82, 2.24) is 0 Å². The number of aliphatic hydroxyl groups is 1. The SMILES string of the molecule is C[N+](C)(C)CCCOc1ccc2c(c1)-c1cc(OCCC[N+](C)(C)C)ccc1C2O. The summed E-state index contributed by atoms with van der Waals surface area (Å²) in [6.45, 7) is 3.53. The van der Waals surface area contributed by atoms with E-state index in [4.69, 9.17) is 9.47 Å². The Labute approximate surface area is 181 Å². The summed E-state index contributed by atoms with van der Waals surface area (Å²) in [5.74, 6) is 1.70. The molecule has 0 unspecified atom stereocenters. The van der Waals surface area contributed by atoms with E-state index in [0.717, 1.165) is 68.7 Å². The van der Waals surface area contributed by atoms with Gasteiger partial charge in [0.25, 0.3) is 0 Å². The molecule has 2 aromatic carbocycles. The van der Waals surface area contributed by atoms with E-state index in [-0.39, 0.29) is 0 Å². The molecular formula is C25H38N2O3+2. The summed E-state index contributed by atoms with van der Waals surface area (Å²) in [5, 5.41) is 10.7. The summed E-state index contributed by atoms with van der Waals surface area (Å²) in [4.78, 5) is 0. The highest BCUT2D eigenvalue weighted by Gasteiger charge is 2.28. The maximum absolute atomic E-state index is 10.7. The Morgan fingerprint density at radius 1 is 0.700 bits per heavy atom. The number of quaternary nitrogens is 2. The van der Waals surface area contributed by atoms with Gasteiger partial charge in [0, 0.05) is 12.8 Å². The van der Waals surface area contributed by atoms with E-state index >= 15 is 0 Å². The van der Waals surface area contributed by atoms with Crippen LogP contribution >= 0.6 is 0 Å². The van der Waals surface area contributed by atoms with E-state index in [1.54, 1.807) is 0 Å². The van der Waals surface area contributed by atoms with Crippen molar-refractivity contribution in [3.63, 3.8) is 0 Å². The Morgan fingerprint density at radius 3 is 1.47 bits per heavy atom. The van der Waals surface area contributed by atoms with Gasteiger partial charge >= 0.3 is 0 Å². The molecule has 0 amide bonds. The van der Waals surface area contributed by atoms with Gasteiger partial charge in [-0.25, -0.2) is 0 Å². The molecule has 0 heterocycles. The summed E-state index contributed by atoms with van der Waals surface area (Å²) in [7, 11) is 13.1. The van der Waals surface area contributed by atoms with E-state index in [9.17, 15) is 5.11 Å². The van der Waals surface area contributed by atoms with Gasteiger partial charge in [-0.15, -0.1) is 0 Å². The second kappa shape index (κ2) is 8.96. The van der Waals surface area contributed by atoms with Gasteiger partial charge < -0.3 is 23.5 Å². The second-order valence-corrected chi connectivity index (χ2v) is 10.3. The van der Waals surface area contributed by atoms with Crippen LogP contribution in [0.5, 0.6) is 11.5 Å². The van der Waals surface area contributed by atoms with Crippen LogP contribution in [0.1, 0.15) is 30.1 Å². The van der Waals surface area contributed by atoms with Crippen molar-refractivity contribution >= 4 is 0 Å². The maximum Gasteiger partial charge on any atom is 0.119 e. The Hall–Kier alpha value is -2.08. The maximum atomic E-state index is 10.7. The van der Waals surface area contributed by atoms with Crippen LogP contribution in [0.2, 0.25) is 0 Å². The predicted octanol–water partition coefficient (Wildman–Crippen LogP) is 3.70. The predicted molar refractivity (Wildman–Crippen MR) is 122 cm³/mol. The third-order valence-electron chi connectivity index (χ3n) is 5.41. The highest BCUT2D eigenvalue weighted by atomic mass is 16.5. The summed E-state index contributed by atoms with van der Waals surface area (Å²) >= 11 is 0. The molecule has 5 nitrogen and oxygen atoms in total. The number of fused-ring (bicyclic) bond motifs is 3. The van der Waals surface area contributed by atoms with E-state index in [0.29, 0.717) is 13.2 Å². The Kier molecular flexibility index (Phi) is 6.75. The second-order valence-electron chi connectivity index (χ2n) is 10.3. The summed E-state index contributed by atoms with van der Waals surface area (Å²) in [5.41, 5.74) is 3.95. The van der Waals surface area contributed by atoms with Crippen molar-refractivity contribution in [3.05, 3.63) is 47.5 Å². The summed E-state index contributed by atoms with van der Waals surface area (Å²) in [6, 6.07) is 12.0. The van der Waals surface area contributed by atoms with Crippen LogP contribution in [0.4, 0.5) is 0 Å². The van der Waals surface area contributed by atoms with E-state index in [1.165, 1.54) is 0 Å². The van der Waals surface area contributed by atoms with Gasteiger partial charge in [0.15, 0.2) is 0 Å². The van der Waals surface area contributed by atoms with Gasteiger partial charge in [-0.1, -0.05) is 12.1 Å². The zero-order valence-corrected chi connectivity index (χ0v) is 19.4. The lowest BCUT2D eigenvalue weighted by molar-refractivity contribution is -0.870. The highest BCUT2D eigenvalue weighted by Crippen LogP contribution is 2.46. The third-order valence-corrected chi connectivity index (χ3v) is 5.41. The zero-order chi connectivity index (χ0) is 21.9. The average molecular weight is 415 g/mol. The molecule has 5 heteroatoms. The Balaban J connectivity index is 1.68. The first-order valence-electron chi connectivity index (χ1n) is 10.9. The fourth-order valence-electron chi connectivity index (χ4n) is 3.82. The Bertz CT molecular complexity index is 794. The Morgan fingerprint density at radius 2 is 1.10 bits per heavy atom. The minimum Gasteiger partial charge on any atom is -0.493 e. The first-order chi connectivity index (χ1) is 14.0. The molecule has 164 valence electrons. The standard InChI is InChI=1S/C25H38N2O3/c1-26(2,3)13-7-15-29-19-9-11-21-23(17-19)24-18-20(10-12-22(24)25(21)28)30-16-8-14-27(4,5)6/h9-12,17-18,25,28H,7-8,13-16H2,1-6H3/q+2. The molecule has 0 saturated carbocycles. The lowest BCUT2D eigenvalue weighted by Crippen LogP contribution is -2.36. The van der Waals surface area contributed by atoms with Gasteiger partial charge in [-0.3, -0.25) is 0 Å². The first kappa shape index (κ1) is 22.6. The van der Waals surface area contributed by atoms with E-state index < -0.39 is 6.10 Å². The van der Waals surface area contributed by atoms with Crippen LogP contribution < -0.4 is 9.47 Å². The minimum atomic E-state index is -0.588. The molecule has 0 saturated heterocycles. The van der Waals surface area contributed by atoms with Crippen molar-refractivity contribution in [1.29, 1.82) is 0 Å². The van der Waals surface area contributed by atoms with Gasteiger partial charge in [0.1, 0.15) is 17.6 Å². The molecule has 0 spiro atoms. The van der Waals surface area contributed by atoms with E-state index in [2.05, 4.69) is 54.4 Å². The third kappa shape index (κ3) is 5.97. The number of hydrogen-bond donors (Lipinski definition) is 1. The van der Waals surface area contributed by atoms with Crippen molar-refractivity contribution in [2.45, 2.75) is 18.9 Å². The summed E-state index contributed by atoms with van der Waals surface area (Å²) < 4.78 is 13.9. The molecule has 1 N–H and O–H groups in total. The molecular weight excluding hydrogens is 376 g/mol. The average Bonchev–Trinajstić information content (AvgIpc) is 2.93. The zero-order valence-electron chi connectivity index (χ0n) is 19.4. The highest BCUT2D eigenvalue weighted by molar-refractivity contribution is 5.80. The van der Waals surface area contributed by atoms with Crippen LogP contribution in [-0.2, 0) is 0 Å². The molecule has 1 aliphatic rings. The molecule has 0 bridgehead atoms. The van der Waals surface area contributed by atoms with Crippen LogP contribution in [-0.4, -0.2) is 82.7 Å². The molecule has 0 aromatic heterocycles. The number of nitrogens with zero attached hydrogens (tertiary/aromatic N) is 2. The van der Waals surface area contributed by atoms with Crippen LogP contribution in [0.25, 0.3) is 11.1 Å². The number of ether oxygens (including phenoxy) is 2. The van der Waals surface area contributed by atoms with Crippen molar-refractivity contribution < 1.29 is 23.5 Å². The lowest BCUT2D eigenvalue weighted by Gasteiger charge is -2.23. The normalized spacial score (nSPS) is 13.8. The number of hydrogen-bond acceptors (Lipinski definition) is 3. The van der Waals surface area contributed by atoms with Crippen LogP contribution in [0, 0.1) is 0 Å². The fraction of sp³-hybridized carbons (Fsp3) is 0.520. The van der Waals surface area contributed by atoms with Gasteiger partial charge in [0.2, 0.25) is 0 Å². The number of benzene rings is 2. The lowest BCUT2D eigenvalue weighted by atomic mass is 10.1. The van der Waals surface area contributed by atoms with Crippen molar-refractivity contribution in [2.75, 3.05) is 68.6 Å². The molecule has 0 aliphatic heterocycles. The molecule has 2 aromatic rings. The largest absolute Gasteiger partial charge is 0.493 e. The molecule has 30 heavy (non-hydrogen) atoms. The smallest absolute Gasteiger partial charge is 0.119 e. The van der Waals surface area contributed by atoms with Gasteiger partial charge in [-0.2, -0.15) is 0 Å². The molecule has 3 rings (SSSR count). The number of rotatable bonds is 10. The van der Waals surface area contributed by atoms with Crippen LogP contribution in [0.3, 0.4) is 0 Å². The molecule has 0 atom stereocenters. The minimum absolute atomic E-state index is 0.588. The fourth-order valence-corrected chi connectivity index (χ4v) is 3.82. The molecule has 0 radical (unpaired) electrons. The first-order valence-corrected chi connectivity index (χ1v) is 10.9. The monoisotopic (exact) mass is 414 g/mol. The number of aliphatic hydroxyl groups excluding tert-OH is 1. The summed E-state index contributed by atoms with van der Waals surface area (Å²) in [6.07, 6.45) is 1.42. The van der Waals surface area contributed by atoms with Gasteiger partial charge in [0.05, 0.1) is 68.6 Å². The molecule has 1 aliphatic carbocycles. The molecule has 0 fully saturated rings. The van der Waals surface area contributed by atoms with E-state index in [1.807, 2.05) is 24.3 Å². The van der Waals surface area contributed by atoms with Crippen LogP contribution in [0.15, 0.2) is 36.4 Å².